The third-order valence-electron chi connectivity index (χ3n) is 1.43. The molecular weight excluding hydrogens is 202 g/mol. The maximum Gasteiger partial charge on any atom is 0.332 e. The molecular formula is C9H17NO5. The van der Waals surface area contributed by atoms with Gasteiger partial charge in [-0.25, -0.2) is 4.79 Å². The Hall–Kier alpha value is -1.14. The van der Waals surface area contributed by atoms with Crippen molar-refractivity contribution < 1.29 is 23.9 Å². The van der Waals surface area contributed by atoms with Crippen molar-refractivity contribution >= 4 is 11.9 Å². The highest BCUT2D eigenvalue weighted by Gasteiger charge is 2.14. The lowest BCUT2D eigenvalue weighted by molar-refractivity contribution is -0.160. The molecule has 1 unspecified atom stereocenters. The molecule has 0 aliphatic carbocycles. The number of carbonyl (C=O) groups excluding carboxylic acids is 2. The third kappa shape index (κ3) is 7.90. The van der Waals surface area contributed by atoms with E-state index in [0.29, 0.717) is 6.61 Å². The van der Waals surface area contributed by atoms with Crippen LogP contribution < -0.4 is 5.48 Å². The van der Waals surface area contributed by atoms with Gasteiger partial charge in [-0.05, 0) is 13.8 Å². The van der Waals surface area contributed by atoms with E-state index in [2.05, 4.69) is 10.3 Å². The molecule has 6 nitrogen and oxygen atoms in total. The lowest BCUT2D eigenvalue weighted by Gasteiger charge is -2.11. The molecule has 0 saturated heterocycles. The molecule has 0 aromatic rings. The van der Waals surface area contributed by atoms with Crippen molar-refractivity contribution in [2.45, 2.75) is 26.4 Å². The van der Waals surface area contributed by atoms with Crippen LogP contribution in [0, 0.1) is 0 Å². The van der Waals surface area contributed by atoms with Crippen LogP contribution >= 0.6 is 0 Å². The van der Waals surface area contributed by atoms with Gasteiger partial charge in [0.25, 0.3) is 0 Å². The van der Waals surface area contributed by atoms with E-state index in [0.717, 1.165) is 0 Å². The Morgan fingerprint density at radius 1 is 1.33 bits per heavy atom. The Kier molecular flexibility index (Phi) is 7.57. The molecule has 88 valence electrons. The second-order valence-corrected chi connectivity index (χ2v) is 2.82. The van der Waals surface area contributed by atoms with Crippen LogP contribution in [0.15, 0.2) is 0 Å². The highest BCUT2D eigenvalue weighted by atomic mass is 16.7. The summed E-state index contributed by atoms with van der Waals surface area (Å²) >= 11 is 0. The average Bonchev–Trinajstić information content (AvgIpc) is 2.14. The predicted octanol–water partition coefficient (Wildman–Crippen LogP) is 0.0223. The molecule has 1 atom stereocenters. The van der Waals surface area contributed by atoms with Crippen LogP contribution in [0.5, 0.6) is 0 Å². The van der Waals surface area contributed by atoms with Gasteiger partial charge in [0.05, 0.1) is 6.42 Å². The van der Waals surface area contributed by atoms with Crippen molar-refractivity contribution in [1.29, 1.82) is 0 Å². The number of hydrogen-bond donors (Lipinski definition) is 1. The molecule has 0 fully saturated rings. The highest BCUT2D eigenvalue weighted by Crippen LogP contribution is 1.99. The van der Waals surface area contributed by atoms with E-state index >= 15 is 0 Å². The fourth-order valence-corrected chi connectivity index (χ4v) is 0.876. The number of hydroxylamine groups is 1. The van der Waals surface area contributed by atoms with Crippen molar-refractivity contribution in [3.63, 3.8) is 0 Å². The molecule has 0 aliphatic heterocycles. The number of rotatable bonds is 7. The Labute approximate surface area is 88.8 Å². The number of nitrogens with one attached hydrogen (secondary N) is 1. The molecule has 6 heteroatoms. The number of hydrogen-bond acceptors (Lipinski definition) is 6. The lowest BCUT2D eigenvalue weighted by atomic mass is 10.3. The van der Waals surface area contributed by atoms with Crippen molar-refractivity contribution in [2.75, 3.05) is 20.3 Å². The van der Waals surface area contributed by atoms with Gasteiger partial charge >= 0.3 is 11.9 Å². The van der Waals surface area contributed by atoms with Crippen LogP contribution in [-0.2, 0) is 23.9 Å². The maximum absolute atomic E-state index is 11.0. The summed E-state index contributed by atoms with van der Waals surface area (Å²) in [6.07, 6.45) is -0.502. The molecule has 0 radical (unpaired) electrons. The molecule has 0 heterocycles. The van der Waals surface area contributed by atoms with Crippen molar-refractivity contribution in [3.05, 3.63) is 0 Å². The molecule has 0 aromatic heterocycles. The summed E-state index contributed by atoms with van der Waals surface area (Å²) in [5, 5.41) is 0. The number of esters is 1. The van der Waals surface area contributed by atoms with Crippen LogP contribution in [0.1, 0.15) is 20.3 Å². The number of ether oxygens (including phenoxy) is 2. The minimum Gasteiger partial charge on any atom is -0.460 e. The van der Waals surface area contributed by atoms with Crippen molar-refractivity contribution in [1.82, 2.24) is 5.48 Å². The van der Waals surface area contributed by atoms with E-state index in [1.54, 1.807) is 13.8 Å². The Morgan fingerprint density at radius 2 is 2.00 bits per heavy atom. The van der Waals surface area contributed by atoms with Gasteiger partial charge in [0, 0.05) is 13.7 Å². The van der Waals surface area contributed by atoms with Crippen molar-refractivity contribution in [3.8, 4) is 0 Å². The fourth-order valence-electron chi connectivity index (χ4n) is 0.876. The molecule has 0 spiro atoms. The monoisotopic (exact) mass is 219 g/mol. The van der Waals surface area contributed by atoms with Gasteiger partial charge < -0.3 is 14.3 Å². The van der Waals surface area contributed by atoms with Gasteiger partial charge in [0.15, 0.2) is 0 Å². The van der Waals surface area contributed by atoms with Gasteiger partial charge in [-0.1, -0.05) is 0 Å². The molecule has 1 N–H and O–H groups in total. The summed E-state index contributed by atoms with van der Waals surface area (Å²) in [5.74, 6) is -0.962. The van der Waals surface area contributed by atoms with Crippen molar-refractivity contribution in [2.24, 2.45) is 0 Å². The summed E-state index contributed by atoms with van der Waals surface area (Å²) in [5.41, 5.74) is 2.25. The molecule has 0 bridgehead atoms. The van der Waals surface area contributed by atoms with E-state index in [-0.39, 0.29) is 13.0 Å². The minimum absolute atomic E-state index is 0.0126. The van der Waals surface area contributed by atoms with E-state index in [1.165, 1.54) is 7.05 Å². The smallest absolute Gasteiger partial charge is 0.332 e. The lowest BCUT2D eigenvalue weighted by Crippen LogP contribution is -2.24. The van der Waals surface area contributed by atoms with E-state index < -0.39 is 18.0 Å². The first kappa shape index (κ1) is 13.9. The summed E-state index contributed by atoms with van der Waals surface area (Å²) in [4.78, 5) is 26.4. The average molecular weight is 219 g/mol. The summed E-state index contributed by atoms with van der Waals surface area (Å²) < 4.78 is 9.72. The highest BCUT2D eigenvalue weighted by molar-refractivity contribution is 5.73. The predicted molar refractivity (Wildman–Crippen MR) is 51.8 cm³/mol. The fraction of sp³-hybridized carbons (Fsp3) is 0.778. The molecule has 0 amide bonds. The zero-order chi connectivity index (χ0) is 11.7. The second-order valence-electron chi connectivity index (χ2n) is 2.82. The van der Waals surface area contributed by atoms with Crippen LogP contribution in [0.4, 0.5) is 0 Å². The number of carbonyl (C=O) groups is 2. The maximum atomic E-state index is 11.0. The van der Waals surface area contributed by atoms with Gasteiger partial charge in [-0.15, -0.1) is 0 Å². The van der Waals surface area contributed by atoms with E-state index in [4.69, 9.17) is 9.47 Å². The standard InChI is InChI=1S/C9H17NO5/c1-4-13-6-9(12)14-7(2)5-8(11)15-10-3/h7,10H,4-6H2,1-3H3. The first-order valence-corrected chi connectivity index (χ1v) is 4.73. The first-order valence-electron chi connectivity index (χ1n) is 4.73. The van der Waals surface area contributed by atoms with Gasteiger partial charge in [-0.3, -0.25) is 4.79 Å². The normalized spacial score (nSPS) is 11.9. The minimum atomic E-state index is -0.515. The third-order valence-corrected chi connectivity index (χ3v) is 1.43. The quantitative estimate of drug-likeness (QED) is 0.480. The Morgan fingerprint density at radius 3 is 2.53 bits per heavy atom. The molecule has 0 rings (SSSR count). The van der Waals surface area contributed by atoms with Gasteiger partial charge in [-0.2, -0.15) is 5.48 Å². The SMILES string of the molecule is CCOCC(=O)OC(C)CC(=O)ONC. The summed E-state index contributed by atoms with van der Waals surface area (Å²) in [6.45, 7) is 3.74. The molecule has 0 aromatic carbocycles. The molecule has 0 saturated carbocycles. The first-order chi connectivity index (χ1) is 7.10. The van der Waals surface area contributed by atoms with Crippen LogP contribution in [0.2, 0.25) is 0 Å². The summed E-state index contributed by atoms with van der Waals surface area (Å²) in [6, 6.07) is 0. The zero-order valence-electron chi connectivity index (χ0n) is 9.24. The van der Waals surface area contributed by atoms with E-state index in [1.807, 2.05) is 0 Å². The van der Waals surface area contributed by atoms with Gasteiger partial charge in [0.2, 0.25) is 0 Å². The van der Waals surface area contributed by atoms with Gasteiger partial charge in [0.1, 0.15) is 12.7 Å². The van der Waals surface area contributed by atoms with E-state index in [9.17, 15) is 9.59 Å². The topological polar surface area (TPSA) is 73.9 Å². The molecule has 0 aliphatic rings. The largest absolute Gasteiger partial charge is 0.460 e. The molecule has 15 heavy (non-hydrogen) atoms. The summed E-state index contributed by atoms with van der Waals surface area (Å²) in [7, 11) is 1.48. The Balaban J connectivity index is 3.67. The van der Waals surface area contributed by atoms with Crippen LogP contribution in [0.25, 0.3) is 0 Å². The van der Waals surface area contributed by atoms with Crippen LogP contribution in [-0.4, -0.2) is 38.3 Å². The second kappa shape index (κ2) is 8.19. The Bertz CT molecular complexity index is 207. The zero-order valence-corrected chi connectivity index (χ0v) is 9.24. The van der Waals surface area contributed by atoms with Crippen LogP contribution in [0.3, 0.4) is 0 Å².